The molecule has 5 heteroatoms. The van der Waals surface area contributed by atoms with Crippen LogP contribution >= 0.6 is 38.6 Å². The summed E-state index contributed by atoms with van der Waals surface area (Å²) in [5, 5.41) is 4.04. The number of halogens is 1. The van der Waals surface area contributed by atoms with Crippen LogP contribution in [-0.4, -0.2) is 12.0 Å². The maximum absolute atomic E-state index is 4.51. The molecule has 0 saturated heterocycles. The lowest BCUT2D eigenvalue weighted by molar-refractivity contribution is 1.35. The van der Waals surface area contributed by atoms with Gasteiger partial charge in [-0.25, -0.2) is 4.98 Å². The fourth-order valence-corrected chi connectivity index (χ4v) is 3.45. The molecule has 14 heavy (non-hydrogen) atoms. The Morgan fingerprint density at radius 1 is 1.36 bits per heavy atom. The Balaban J connectivity index is 2.45. The molecular weight excluding hydrogens is 280 g/mol. The molecule has 0 saturated carbocycles. The minimum Gasteiger partial charge on any atom is -0.365 e. The molecule has 0 aliphatic carbocycles. The van der Waals surface area contributed by atoms with Crippen molar-refractivity contribution in [2.24, 2.45) is 0 Å². The van der Waals surface area contributed by atoms with Crippen molar-refractivity contribution in [1.29, 1.82) is 0 Å². The molecule has 2 heterocycles. The molecule has 0 aromatic carbocycles. The van der Waals surface area contributed by atoms with E-state index >= 15 is 0 Å². The van der Waals surface area contributed by atoms with Gasteiger partial charge in [-0.1, -0.05) is 0 Å². The van der Waals surface area contributed by atoms with Gasteiger partial charge in [-0.15, -0.1) is 22.7 Å². The first-order valence-electron chi connectivity index (χ1n) is 4.11. The molecule has 0 aliphatic heterocycles. The molecular formula is C9H9BrN2S2. The number of anilines is 1. The van der Waals surface area contributed by atoms with Gasteiger partial charge in [0.2, 0.25) is 0 Å². The maximum atomic E-state index is 4.51. The molecule has 2 aromatic heterocycles. The first kappa shape index (κ1) is 10.1. The van der Waals surface area contributed by atoms with E-state index in [-0.39, 0.29) is 0 Å². The second-order valence-corrected chi connectivity index (χ2v) is 6.44. The van der Waals surface area contributed by atoms with Gasteiger partial charge in [-0.3, -0.25) is 0 Å². The quantitative estimate of drug-likeness (QED) is 0.904. The fraction of sp³-hybridized carbons (Fsp3) is 0.222. The van der Waals surface area contributed by atoms with Crippen LogP contribution in [-0.2, 0) is 0 Å². The SMILES string of the molecule is CNc1nc(-c2ccc(Br)s2)c(C)s1. The summed E-state index contributed by atoms with van der Waals surface area (Å²) in [5.74, 6) is 0. The predicted molar refractivity (Wildman–Crippen MR) is 67.4 cm³/mol. The van der Waals surface area contributed by atoms with Gasteiger partial charge in [-0.05, 0) is 35.0 Å². The topological polar surface area (TPSA) is 24.9 Å². The highest BCUT2D eigenvalue weighted by Gasteiger charge is 2.10. The van der Waals surface area contributed by atoms with Crippen LogP contribution in [0.25, 0.3) is 10.6 Å². The van der Waals surface area contributed by atoms with Gasteiger partial charge in [0, 0.05) is 11.9 Å². The highest BCUT2D eigenvalue weighted by molar-refractivity contribution is 9.11. The monoisotopic (exact) mass is 288 g/mol. The molecule has 0 bridgehead atoms. The summed E-state index contributed by atoms with van der Waals surface area (Å²) in [5.41, 5.74) is 1.09. The van der Waals surface area contributed by atoms with E-state index in [4.69, 9.17) is 0 Å². The number of thiophene rings is 1. The summed E-state index contributed by atoms with van der Waals surface area (Å²) in [6, 6.07) is 4.15. The van der Waals surface area contributed by atoms with Crippen LogP contribution in [0.1, 0.15) is 4.88 Å². The third-order valence-corrected chi connectivity index (χ3v) is 4.44. The summed E-state index contributed by atoms with van der Waals surface area (Å²) >= 11 is 6.86. The lowest BCUT2D eigenvalue weighted by atomic mass is 10.3. The molecule has 2 nitrogen and oxygen atoms in total. The summed E-state index contributed by atoms with van der Waals surface area (Å²) in [6.07, 6.45) is 0. The van der Waals surface area contributed by atoms with E-state index in [0.29, 0.717) is 0 Å². The second kappa shape index (κ2) is 4.00. The largest absolute Gasteiger partial charge is 0.365 e. The second-order valence-electron chi connectivity index (χ2n) is 2.78. The van der Waals surface area contributed by atoms with Crippen molar-refractivity contribution in [2.75, 3.05) is 12.4 Å². The molecule has 0 unspecified atom stereocenters. The van der Waals surface area contributed by atoms with Crippen LogP contribution in [0.3, 0.4) is 0 Å². The lowest BCUT2D eigenvalue weighted by Crippen LogP contribution is -1.85. The number of nitrogens with one attached hydrogen (secondary N) is 1. The van der Waals surface area contributed by atoms with Gasteiger partial charge in [-0.2, -0.15) is 0 Å². The van der Waals surface area contributed by atoms with Crippen LogP contribution in [0, 0.1) is 6.92 Å². The molecule has 0 radical (unpaired) electrons. The van der Waals surface area contributed by atoms with Crippen LogP contribution in [0.5, 0.6) is 0 Å². The first-order valence-corrected chi connectivity index (χ1v) is 6.54. The van der Waals surface area contributed by atoms with Gasteiger partial charge in [0.1, 0.15) is 0 Å². The Hall–Kier alpha value is -0.390. The van der Waals surface area contributed by atoms with Crippen LogP contribution in [0.4, 0.5) is 5.13 Å². The van der Waals surface area contributed by atoms with E-state index in [1.54, 1.807) is 22.7 Å². The van der Waals surface area contributed by atoms with Gasteiger partial charge in [0.25, 0.3) is 0 Å². The average molecular weight is 289 g/mol. The lowest BCUT2D eigenvalue weighted by Gasteiger charge is -1.91. The molecule has 0 amide bonds. The van der Waals surface area contributed by atoms with Crippen molar-refractivity contribution in [3.63, 3.8) is 0 Å². The smallest absolute Gasteiger partial charge is 0.183 e. The normalized spacial score (nSPS) is 10.5. The summed E-state index contributed by atoms with van der Waals surface area (Å²) in [6.45, 7) is 2.10. The van der Waals surface area contributed by atoms with E-state index in [9.17, 15) is 0 Å². The highest BCUT2D eigenvalue weighted by Crippen LogP contribution is 2.35. The number of aryl methyl sites for hydroxylation is 1. The standard InChI is InChI=1S/C9H9BrN2S2/c1-5-8(12-9(11-2)13-5)6-3-4-7(10)14-6/h3-4H,1-2H3,(H,11,12). The molecule has 2 aromatic rings. The number of hydrogen-bond donors (Lipinski definition) is 1. The third kappa shape index (κ3) is 1.85. The summed E-state index contributed by atoms with van der Waals surface area (Å²) < 4.78 is 1.14. The highest BCUT2D eigenvalue weighted by atomic mass is 79.9. The van der Waals surface area contributed by atoms with E-state index in [1.165, 1.54) is 9.75 Å². The first-order chi connectivity index (χ1) is 6.70. The van der Waals surface area contributed by atoms with Crippen molar-refractivity contribution in [2.45, 2.75) is 6.92 Å². The Kier molecular flexibility index (Phi) is 2.90. The minimum atomic E-state index is 0.974. The average Bonchev–Trinajstić information content (AvgIpc) is 2.71. The van der Waals surface area contributed by atoms with E-state index in [2.05, 4.69) is 45.3 Å². The van der Waals surface area contributed by atoms with Gasteiger partial charge in [0.05, 0.1) is 14.4 Å². The Morgan fingerprint density at radius 2 is 2.14 bits per heavy atom. The third-order valence-electron chi connectivity index (χ3n) is 1.82. The van der Waals surface area contributed by atoms with Gasteiger partial charge < -0.3 is 5.32 Å². The molecule has 0 atom stereocenters. The number of aromatic nitrogens is 1. The van der Waals surface area contributed by atoms with Gasteiger partial charge >= 0.3 is 0 Å². The van der Waals surface area contributed by atoms with Crippen molar-refractivity contribution in [3.05, 3.63) is 20.8 Å². The molecule has 2 rings (SSSR count). The molecule has 0 aliphatic rings. The zero-order valence-corrected chi connectivity index (χ0v) is 11.0. The van der Waals surface area contributed by atoms with Crippen LogP contribution < -0.4 is 5.32 Å². The van der Waals surface area contributed by atoms with Crippen molar-refractivity contribution >= 4 is 43.7 Å². The number of thiazole rings is 1. The Labute approximate surface area is 99.1 Å². The van der Waals surface area contributed by atoms with E-state index in [0.717, 1.165) is 14.6 Å². The summed E-state index contributed by atoms with van der Waals surface area (Å²) in [4.78, 5) is 6.98. The zero-order chi connectivity index (χ0) is 10.1. The minimum absolute atomic E-state index is 0.974. The van der Waals surface area contributed by atoms with Crippen molar-refractivity contribution in [3.8, 4) is 10.6 Å². The number of rotatable bonds is 2. The van der Waals surface area contributed by atoms with E-state index < -0.39 is 0 Å². The Bertz CT molecular complexity index is 447. The van der Waals surface area contributed by atoms with Crippen molar-refractivity contribution in [1.82, 2.24) is 4.98 Å². The molecule has 1 N–H and O–H groups in total. The van der Waals surface area contributed by atoms with Gasteiger partial charge in [0.15, 0.2) is 5.13 Å². The summed E-state index contributed by atoms with van der Waals surface area (Å²) in [7, 11) is 1.90. The molecule has 0 spiro atoms. The van der Waals surface area contributed by atoms with E-state index in [1.807, 2.05) is 7.05 Å². The predicted octanol–water partition coefficient (Wildman–Crippen LogP) is 3.98. The fourth-order valence-electron chi connectivity index (χ4n) is 1.17. The number of hydrogen-bond acceptors (Lipinski definition) is 4. The van der Waals surface area contributed by atoms with Crippen LogP contribution in [0.15, 0.2) is 15.9 Å². The number of nitrogens with zero attached hydrogens (tertiary/aromatic N) is 1. The maximum Gasteiger partial charge on any atom is 0.183 e. The van der Waals surface area contributed by atoms with Crippen molar-refractivity contribution < 1.29 is 0 Å². The molecule has 0 fully saturated rings. The van der Waals surface area contributed by atoms with Crippen LogP contribution in [0.2, 0.25) is 0 Å². The molecule has 74 valence electrons. The Morgan fingerprint density at radius 3 is 2.64 bits per heavy atom. The zero-order valence-electron chi connectivity index (χ0n) is 7.80.